The number of nitrogens with one attached hydrogen (secondary N) is 1. The summed E-state index contributed by atoms with van der Waals surface area (Å²) in [6.07, 6.45) is 3.52. The van der Waals surface area contributed by atoms with Gasteiger partial charge in [-0.05, 0) is 12.1 Å². The van der Waals surface area contributed by atoms with Gasteiger partial charge in [-0.15, -0.1) is 0 Å². The predicted octanol–water partition coefficient (Wildman–Crippen LogP) is 2.08. The first-order valence-electron chi connectivity index (χ1n) is 7.73. The highest BCUT2D eigenvalue weighted by Crippen LogP contribution is 2.15. The molecule has 0 unspecified atom stereocenters. The second-order valence-electron chi connectivity index (χ2n) is 5.98. The first kappa shape index (κ1) is 14.8. The summed E-state index contributed by atoms with van der Waals surface area (Å²) < 4.78 is 5.47. The van der Waals surface area contributed by atoms with Gasteiger partial charge in [-0.25, -0.2) is 4.98 Å². The van der Waals surface area contributed by atoms with Gasteiger partial charge >= 0.3 is 0 Å². The van der Waals surface area contributed by atoms with Crippen LogP contribution < -0.4 is 0 Å². The number of amides is 1. The van der Waals surface area contributed by atoms with Crippen molar-refractivity contribution < 1.29 is 9.21 Å². The number of carbonyl (C=O) groups is 1. The number of aromatic amines is 1. The van der Waals surface area contributed by atoms with Crippen molar-refractivity contribution in [3.05, 3.63) is 41.9 Å². The Balaban J connectivity index is 1.52. The minimum Gasteiger partial charge on any atom is -0.448 e. The van der Waals surface area contributed by atoms with E-state index in [0.29, 0.717) is 11.6 Å². The van der Waals surface area contributed by atoms with Crippen molar-refractivity contribution >= 4 is 5.91 Å². The van der Waals surface area contributed by atoms with E-state index in [2.05, 4.69) is 28.7 Å². The highest BCUT2D eigenvalue weighted by molar-refractivity contribution is 5.92. The number of H-pyrrole nitrogens is 1. The van der Waals surface area contributed by atoms with Crippen molar-refractivity contribution in [2.75, 3.05) is 26.2 Å². The summed E-state index contributed by atoms with van der Waals surface area (Å²) in [6.45, 7) is 8.12. The number of nitrogens with zero attached hydrogens (tertiary/aromatic N) is 3. The Morgan fingerprint density at radius 3 is 2.73 bits per heavy atom. The van der Waals surface area contributed by atoms with Gasteiger partial charge in [-0.3, -0.25) is 9.69 Å². The summed E-state index contributed by atoms with van der Waals surface area (Å²) in [7, 11) is 0. The van der Waals surface area contributed by atoms with Gasteiger partial charge in [0.05, 0.1) is 5.69 Å². The van der Waals surface area contributed by atoms with E-state index in [-0.39, 0.29) is 5.91 Å². The molecule has 3 heterocycles. The molecule has 3 rings (SSSR count). The van der Waals surface area contributed by atoms with Crippen LogP contribution in [0.1, 0.15) is 41.8 Å². The van der Waals surface area contributed by atoms with Gasteiger partial charge < -0.3 is 14.3 Å². The molecule has 0 spiro atoms. The minimum absolute atomic E-state index is 0.0770. The molecule has 6 heteroatoms. The monoisotopic (exact) mass is 302 g/mol. The van der Waals surface area contributed by atoms with Crippen LogP contribution in [-0.4, -0.2) is 51.9 Å². The maximum Gasteiger partial charge on any atom is 0.270 e. The minimum atomic E-state index is 0.0770. The first-order chi connectivity index (χ1) is 10.6. The summed E-state index contributed by atoms with van der Waals surface area (Å²) in [6, 6.07) is 3.66. The Morgan fingerprint density at radius 1 is 1.36 bits per heavy atom. The van der Waals surface area contributed by atoms with Crippen LogP contribution in [0.3, 0.4) is 0 Å². The largest absolute Gasteiger partial charge is 0.448 e. The Labute approximate surface area is 130 Å². The van der Waals surface area contributed by atoms with Crippen molar-refractivity contribution in [2.45, 2.75) is 26.3 Å². The molecule has 0 bridgehead atoms. The van der Waals surface area contributed by atoms with Gasteiger partial charge in [0.2, 0.25) is 0 Å². The lowest BCUT2D eigenvalue weighted by atomic mass is 10.2. The number of rotatable bonds is 4. The third-order valence-electron chi connectivity index (χ3n) is 3.94. The molecule has 6 nitrogen and oxygen atoms in total. The molecule has 1 amide bonds. The molecule has 1 saturated heterocycles. The quantitative estimate of drug-likeness (QED) is 0.939. The molecule has 2 aromatic heterocycles. The number of oxazole rings is 1. The van der Waals surface area contributed by atoms with Crippen LogP contribution in [-0.2, 0) is 6.54 Å². The zero-order valence-corrected chi connectivity index (χ0v) is 13.1. The molecule has 118 valence electrons. The van der Waals surface area contributed by atoms with E-state index in [1.807, 2.05) is 17.0 Å². The number of hydrogen-bond donors (Lipinski definition) is 1. The van der Waals surface area contributed by atoms with Gasteiger partial charge in [-0.2, -0.15) is 0 Å². The fraction of sp³-hybridized carbons (Fsp3) is 0.500. The molecule has 0 atom stereocenters. The number of aromatic nitrogens is 2. The van der Waals surface area contributed by atoms with E-state index >= 15 is 0 Å². The average Bonchev–Trinajstić information content (AvgIpc) is 3.19. The lowest BCUT2D eigenvalue weighted by Crippen LogP contribution is -2.48. The summed E-state index contributed by atoms with van der Waals surface area (Å²) in [5.41, 5.74) is 1.62. The SMILES string of the molecule is CC(C)c1nc(CN2CCN(C(=O)c3ccc[nH]3)CC2)co1. The summed E-state index contributed by atoms with van der Waals surface area (Å²) in [5, 5.41) is 0. The molecule has 1 aliphatic heterocycles. The van der Waals surface area contributed by atoms with Crippen molar-refractivity contribution in [3.63, 3.8) is 0 Å². The molecule has 1 N–H and O–H groups in total. The molecular weight excluding hydrogens is 280 g/mol. The van der Waals surface area contributed by atoms with Crippen LogP contribution in [0.4, 0.5) is 0 Å². The Morgan fingerprint density at radius 2 is 2.14 bits per heavy atom. The van der Waals surface area contributed by atoms with Gasteiger partial charge in [0.1, 0.15) is 12.0 Å². The smallest absolute Gasteiger partial charge is 0.270 e. The number of carbonyl (C=O) groups excluding carboxylic acids is 1. The summed E-state index contributed by atoms with van der Waals surface area (Å²) in [5.74, 6) is 1.17. The second kappa shape index (κ2) is 6.36. The lowest BCUT2D eigenvalue weighted by molar-refractivity contribution is 0.0622. The molecule has 0 aromatic carbocycles. The summed E-state index contributed by atoms with van der Waals surface area (Å²) in [4.78, 5) is 23.9. The molecular formula is C16H22N4O2. The van der Waals surface area contributed by atoms with E-state index in [1.54, 1.807) is 12.5 Å². The highest BCUT2D eigenvalue weighted by atomic mass is 16.3. The van der Waals surface area contributed by atoms with Crippen LogP contribution in [0.25, 0.3) is 0 Å². The Bertz CT molecular complexity index is 610. The fourth-order valence-corrected chi connectivity index (χ4v) is 2.63. The van der Waals surface area contributed by atoms with Crippen LogP contribution >= 0.6 is 0 Å². The number of hydrogen-bond acceptors (Lipinski definition) is 4. The van der Waals surface area contributed by atoms with Gasteiger partial charge in [0.25, 0.3) is 5.91 Å². The fourth-order valence-electron chi connectivity index (χ4n) is 2.63. The standard InChI is InChI=1S/C16H22N4O2/c1-12(2)15-18-13(11-22-15)10-19-6-8-20(9-7-19)16(21)14-4-3-5-17-14/h3-5,11-12,17H,6-10H2,1-2H3. The maximum atomic E-state index is 12.3. The lowest BCUT2D eigenvalue weighted by Gasteiger charge is -2.34. The third kappa shape index (κ3) is 3.22. The van der Waals surface area contributed by atoms with Crippen molar-refractivity contribution in [2.24, 2.45) is 0 Å². The van der Waals surface area contributed by atoms with E-state index in [4.69, 9.17) is 4.42 Å². The van der Waals surface area contributed by atoms with E-state index in [1.165, 1.54) is 0 Å². The predicted molar refractivity (Wildman–Crippen MR) is 82.6 cm³/mol. The van der Waals surface area contributed by atoms with E-state index in [9.17, 15) is 4.79 Å². The normalized spacial score (nSPS) is 16.4. The third-order valence-corrected chi connectivity index (χ3v) is 3.94. The Hall–Kier alpha value is -2.08. The van der Waals surface area contributed by atoms with E-state index < -0.39 is 0 Å². The van der Waals surface area contributed by atoms with Crippen LogP contribution in [0.5, 0.6) is 0 Å². The molecule has 1 fully saturated rings. The second-order valence-corrected chi connectivity index (χ2v) is 5.98. The molecule has 1 aliphatic rings. The van der Waals surface area contributed by atoms with Gasteiger partial charge in [0.15, 0.2) is 5.89 Å². The zero-order chi connectivity index (χ0) is 15.5. The molecule has 0 saturated carbocycles. The molecule has 0 radical (unpaired) electrons. The van der Waals surface area contributed by atoms with E-state index in [0.717, 1.165) is 44.3 Å². The molecule has 2 aromatic rings. The maximum absolute atomic E-state index is 12.3. The first-order valence-corrected chi connectivity index (χ1v) is 7.73. The van der Waals surface area contributed by atoms with Crippen molar-refractivity contribution in [3.8, 4) is 0 Å². The summed E-state index contributed by atoms with van der Waals surface area (Å²) >= 11 is 0. The van der Waals surface area contributed by atoms with Crippen LogP contribution in [0.2, 0.25) is 0 Å². The zero-order valence-electron chi connectivity index (χ0n) is 13.1. The Kier molecular flexibility index (Phi) is 4.29. The average molecular weight is 302 g/mol. The molecule has 22 heavy (non-hydrogen) atoms. The molecule has 0 aliphatic carbocycles. The topological polar surface area (TPSA) is 65.4 Å². The van der Waals surface area contributed by atoms with Crippen LogP contribution in [0.15, 0.2) is 29.0 Å². The van der Waals surface area contributed by atoms with Crippen LogP contribution in [0, 0.1) is 0 Å². The van der Waals surface area contributed by atoms with Crippen molar-refractivity contribution in [1.82, 2.24) is 19.8 Å². The van der Waals surface area contributed by atoms with Gasteiger partial charge in [-0.1, -0.05) is 13.8 Å². The van der Waals surface area contributed by atoms with Crippen molar-refractivity contribution in [1.29, 1.82) is 0 Å². The number of piperazine rings is 1. The highest BCUT2D eigenvalue weighted by Gasteiger charge is 2.23. The van der Waals surface area contributed by atoms with Gasteiger partial charge in [0, 0.05) is 44.8 Å².